The maximum atomic E-state index is 11.5. The molecular weight excluding hydrogens is 274 g/mol. The first-order chi connectivity index (χ1) is 9.34. The average molecular weight is 305 g/mol. The Hall–Kier alpha value is -0.130. The van der Waals surface area contributed by atoms with E-state index in [1.54, 1.807) is 6.92 Å². The van der Waals surface area contributed by atoms with E-state index < -0.39 is 15.9 Å². The van der Waals surface area contributed by atoms with Gasteiger partial charge in [0.1, 0.15) is 9.84 Å². The summed E-state index contributed by atoms with van der Waals surface area (Å²) in [7, 11) is 1.16. The average Bonchev–Trinajstić information content (AvgIpc) is 2.65. The number of hydrogen-bond acceptors (Lipinski definition) is 4. The van der Waals surface area contributed by atoms with Gasteiger partial charge in [-0.05, 0) is 39.8 Å². The second kappa shape index (κ2) is 7.76. The summed E-state index contributed by atoms with van der Waals surface area (Å²) in [6.07, 6.45) is 7.54. The first kappa shape index (κ1) is 17.9. The van der Waals surface area contributed by atoms with E-state index in [-0.39, 0.29) is 17.0 Å². The fourth-order valence-electron chi connectivity index (χ4n) is 3.33. The van der Waals surface area contributed by atoms with Crippen molar-refractivity contribution in [2.75, 3.05) is 25.6 Å². The summed E-state index contributed by atoms with van der Waals surface area (Å²) in [5.74, 6) is 0.395. The number of aliphatic hydroxyl groups is 1. The highest BCUT2D eigenvalue weighted by molar-refractivity contribution is 7.91. The Morgan fingerprint density at radius 1 is 1.15 bits per heavy atom. The van der Waals surface area contributed by atoms with Crippen LogP contribution in [0.5, 0.6) is 0 Å². The Morgan fingerprint density at radius 3 is 2.15 bits per heavy atom. The normalized spacial score (nSPS) is 21.6. The Kier molecular flexibility index (Phi) is 6.95. The highest BCUT2D eigenvalue weighted by Crippen LogP contribution is 2.35. The minimum absolute atomic E-state index is 0.160. The van der Waals surface area contributed by atoms with Crippen molar-refractivity contribution < 1.29 is 13.5 Å². The third kappa shape index (κ3) is 4.71. The van der Waals surface area contributed by atoms with Crippen molar-refractivity contribution in [3.05, 3.63) is 0 Å². The molecule has 120 valence electrons. The van der Waals surface area contributed by atoms with Crippen LogP contribution in [-0.4, -0.2) is 55.7 Å². The van der Waals surface area contributed by atoms with Crippen LogP contribution in [0.3, 0.4) is 0 Å². The standard InChI is InChI=1S/C15H31NO3S/c1-4-20(18,19)13-9-10-14(17)15(16(2)3)11-7-5-6-8-12-15/h14,17H,4-13H2,1-3H3. The Labute approximate surface area is 124 Å². The molecule has 1 saturated carbocycles. The third-order valence-electron chi connectivity index (χ3n) is 4.85. The number of rotatable bonds is 7. The van der Waals surface area contributed by atoms with Gasteiger partial charge in [0.2, 0.25) is 0 Å². The predicted octanol–water partition coefficient (Wildman–Crippen LogP) is 2.22. The van der Waals surface area contributed by atoms with Crippen molar-refractivity contribution in [1.82, 2.24) is 4.90 Å². The number of sulfone groups is 1. The van der Waals surface area contributed by atoms with E-state index >= 15 is 0 Å². The van der Waals surface area contributed by atoms with Crippen LogP contribution in [0.4, 0.5) is 0 Å². The van der Waals surface area contributed by atoms with Crippen LogP contribution in [0.15, 0.2) is 0 Å². The van der Waals surface area contributed by atoms with E-state index in [1.807, 2.05) is 14.1 Å². The molecule has 20 heavy (non-hydrogen) atoms. The molecular formula is C15H31NO3S. The lowest BCUT2D eigenvalue weighted by atomic mass is 9.81. The number of hydrogen-bond donors (Lipinski definition) is 1. The zero-order chi connectivity index (χ0) is 15.2. The molecule has 1 aliphatic rings. The molecule has 0 aromatic rings. The summed E-state index contributed by atoms with van der Waals surface area (Å²) in [6, 6.07) is 0. The van der Waals surface area contributed by atoms with Crippen molar-refractivity contribution >= 4 is 9.84 Å². The molecule has 5 heteroatoms. The second-order valence-electron chi connectivity index (χ2n) is 6.31. The largest absolute Gasteiger partial charge is 0.391 e. The van der Waals surface area contributed by atoms with Crippen LogP contribution in [-0.2, 0) is 9.84 Å². The molecule has 0 bridgehead atoms. The summed E-state index contributed by atoms with van der Waals surface area (Å²) in [4.78, 5) is 2.16. The van der Waals surface area contributed by atoms with Crippen LogP contribution < -0.4 is 0 Å². The van der Waals surface area contributed by atoms with Gasteiger partial charge in [-0.2, -0.15) is 0 Å². The van der Waals surface area contributed by atoms with Gasteiger partial charge < -0.3 is 10.0 Å². The lowest BCUT2D eigenvalue weighted by Gasteiger charge is -2.43. The van der Waals surface area contributed by atoms with Crippen LogP contribution >= 0.6 is 0 Å². The smallest absolute Gasteiger partial charge is 0.150 e. The second-order valence-corrected chi connectivity index (χ2v) is 8.78. The predicted molar refractivity (Wildman–Crippen MR) is 83.7 cm³/mol. The van der Waals surface area contributed by atoms with Crippen molar-refractivity contribution in [3.8, 4) is 0 Å². The highest BCUT2D eigenvalue weighted by Gasteiger charge is 2.39. The summed E-state index contributed by atoms with van der Waals surface area (Å²) < 4.78 is 23.1. The molecule has 0 radical (unpaired) electrons. The van der Waals surface area contributed by atoms with Gasteiger partial charge in [-0.3, -0.25) is 0 Å². The molecule has 0 heterocycles. The first-order valence-corrected chi connectivity index (χ1v) is 9.72. The van der Waals surface area contributed by atoms with E-state index in [0.29, 0.717) is 12.8 Å². The molecule has 0 aliphatic heterocycles. The van der Waals surface area contributed by atoms with Crippen molar-refractivity contribution in [2.45, 2.75) is 69.9 Å². The quantitative estimate of drug-likeness (QED) is 0.733. The van der Waals surface area contributed by atoms with E-state index in [0.717, 1.165) is 25.7 Å². The van der Waals surface area contributed by atoms with Gasteiger partial charge >= 0.3 is 0 Å². The zero-order valence-corrected chi connectivity index (χ0v) is 14.1. The lowest BCUT2D eigenvalue weighted by molar-refractivity contribution is -0.0225. The molecule has 1 unspecified atom stereocenters. The lowest BCUT2D eigenvalue weighted by Crippen LogP contribution is -2.53. The van der Waals surface area contributed by atoms with E-state index in [4.69, 9.17) is 0 Å². The number of aliphatic hydroxyl groups excluding tert-OH is 1. The van der Waals surface area contributed by atoms with E-state index in [1.165, 1.54) is 12.8 Å². The third-order valence-corrected chi connectivity index (χ3v) is 6.64. The van der Waals surface area contributed by atoms with Crippen molar-refractivity contribution in [3.63, 3.8) is 0 Å². The van der Waals surface area contributed by atoms with Crippen LogP contribution in [0, 0.1) is 0 Å². The fraction of sp³-hybridized carbons (Fsp3) is 1.00. The van der Waals surface area contributed by atoms with Crippen LogP contribution in [0.25, 0.3) is 0 Å². The minimum Gasteiger partial charge on any atom is -0.391 e. The molecule has 0 aromatic heterocycles. The molecule has 0 saturated heterocycles. The molecule has 0 aromatic carbocycles. The summed E-state index contributed by atoms with van der Waals surface area (Å²) in [6.45, 7) is 1.68. The van der Waals surface area contributed by atoms with Crippen molar-refractivity contribution in [2.24, 2.45) is 0 Å². The summed E-state index contributed by atoms with van der Waals surface area (Å²) in [5, 5.41) is 10.7. The topological polar surface area (TPSA) is 57.6 Å². The zero-order valence-electron chi connectivity index (χ0n) is 13.3. The SMILES string of the molecule is CCS(=O)(=O)CCCC(O)C1(N(C)C)CCCCCC1. The van der Waals surface area contributed by atoms with Gasteiger partial charge in [0.15, 0.2) is 0 Å². The maximum Gasteiger partial charge on any atom is 0.150 e. The van der Waals surface area contributed by atoms with Gasteiger partial charge in [0.25, 0.3) is 0 Å². The van der Waals surface area contributed by atoms with E-state index in [9.17, 15) is 13.5 Å². The molecule has 1 aliphatic carbocycles. The summed E-state index contributed by atoms with van der Waals surface area (Å²) >= 11 is 0. The Bertz CT molecular complexity index is 371. The van der Waals surface area contributed by atoms with Crippen LogP contribution in [0.1, 0.15) is 58.3 Å². The molecule has 1 atom stereocenters. The number of likely N-dealkylation sites (N-methyl/N-ethyl adjacent to an activating group) is 1. The minimum atomic E-state index is -2.92. The van der Waals surface area contributed by atoms with E-state index in [2.05, 4.69) is 4.90 Å². The maximum absolute atomic E-state index is 11.5. The monoisotopic (exact) mass is 305 g/mol. The Morgan fingerprint density at radius 2 is 1.70 bits per heavy atom. The van der Waals surface area contributed by atoms with Gasteiger partial charge in [-0.1, -0.05) is 32.6 Å². The first-order valence-electron chi connectivity index (χ1n) is 7.90. The molecule has 0 spiro atoms. The molecule has 4 nitrogen and oxygen atoms in total. The molecule has 1 N–H and O–H groups in total. The van der Waals surface area contributed by atoms with Crippen LogP contribution in [0.2, 0.25) is 0 Å². The molecule has 1 fully saturated rings. The fourth-order valence-corrected chi connectivity index (χ4v) is 4.22. The van der Waals surface area contributed by atoms with Gasteiger partial charge in [0, 0.05) is 11.3 Å². The number of nitrogens with zero attached hydrogens (tertiary/aromatic N) is 1. The highest BCUT2D eigenvalue weighted by atomic mass is 32.2. The summed E-state index contributed by atoms with van der Waals surface area (Å²) in [5.41, 5.74) is -0.160. The Balaban J connectivity index is 2.62. The molecule has 1 rings (SSSR count). The van der Waals surface area contributed by atoms with Gasteiger partial charge in [-0.15, -0.1) is 0 Å². The van der Waals surface area contributed by atoms with Gasteiger partial charge in [-0.25, -0.2) is 8.42 Å². The van der Waals surface area contributed by atoms with Crippen molar-refractivity contribution in [1.29, 1.82) is 0 Å². The molecule has 0 amide bonds. The van der Waals surface area contributed by atoms with Gasteiger partial charge in [0.05, 0.1) is 11.9 Å².